The summed E-state index contributed by atoms with van der Waals surface area (Å²) in [6.45, 7) is 0. The minimum Gasteiger partial charge on any atom is -0.508 e. The molecule has 0 saturated carbocycles. The largest absolute Gasteiger partial charge is 0.508 e. The molecule has 0 aliphatic heterocycles. The second-order valence-corrected chi connectivity index (χ2v) is 5.04. The number of rotatable bonds is 3. The zero-order valence-electron chi connectivity index (χ0n) is 12.1. The fraction of sp³-hybridized carbons (Fsp3) is 0. The summed E-state index contributed by atoms with van der Waals surface area (Å²) in [5, 5.41) is 17.1. The molecule has 6 nitrogen and oxygen atoms in total. The molecule has 23 heavy (non-hydrogen) atoms. The van der Waals surface area contributed by atoms with E-state index >= 15 is 0 Å². The molecule has 2 N–H and O–H groups in total. The number of nitrogens with zero attached hydrogens (tertiary/aromatic N) is 4. The lowest BCUT2D eigenvalue weighted by Crippen LogP contribution is -2.00. The van der Waals surface area contributed by atoms with Gasteiger partial charge in [0.05, 0.1) is 11.9 Å². The van der Waals surface area contributed by atoms with E-state index in [9.17, 15) is 5.11 Å². The van der Waals surface area contributed by atoms with Crippen LogP contribution in [0.3, 0.4) is 0 Å². The highest BCUT2D eigenvalue weighted by Crippen LogP contribution is 2.22. The van der Waals surface area contributed by atoms with Gasteiger partial charge in [0.2, 0.25) is 0 Å². The molecule has 0 radical (unpaired) electrons. The predicted molar refractivity (Wildman–Crippen MR) is 87.6 cm³/mol. The van der Waals surface area contributed by atoms with Gasteiger partial charge < -0.3 is 10.4 Å². The van der Waals surface area contributed by atoms with Crippen molar-refractivity contribution in [3.63, 3.8) is 0 Å². The van der Waals surface area contributed by atoms with Crippen LogP contribution in [0.15, 0.2) is 67.1 Å². The second kappa shape index (κ2) is 5.42. The zero-order chi connectivity index (χ0) is 15.6. The highest BCUT2D eigenvalue weighted by molar-refractivity contribution is 5.64. The van der Waals surface area contributed by atoms with E-state index in [0.29, 0.717) is 5.82 Å². The van der Waals surface area contributed by atoms with Crippen LogP contribution in [-0.2, 0) is 0 Å². The third kappa shape index (κ3) is 2.57. The lowest BCUT2D eigenvalue weighted by Gasteiger charge is -2.07. The summed E-state index contributed by atoms with van der Waals surface area (Å²) >= 11 is 0. The summed E-state index contributed by atoms with van der Waals surface area (Å²) in [4.78, 5) is 8.41. The molecule has 112 valence electrons. The van der Waals surface area contributed by atoms with Gasteiger partial charge in [0, 0.05) is 23.6 Å². The van der Waals surface area contributed by atoms with E-state index in [2.05, 4.69) is 20.4 Å². The molecule has 0 bridgehead atoms. The van der Waals surface area contributed by atoms with E-state index in [0.717, 1.165) is 22.6 Å². The van der Waals surface area contributed by atoms with Crippen molar-refractivity contribution < 1.29 is 5.11 Å². The van der Waals surface area contributed by atoms with Gasteiger partial charge in [0.25, 0.3) is 0 Å². The maximum atomic E-state index is 9.34. The van der Waals surface area contributed by atoms with Gasteiger partial charge in [0.1, 0.15) is 5.75 Å². The van der Waals surface area contributed by atoms with Crippen LogP contribution in [-0.4, -0.2) is 24.7 Å². The van der Waals surface area contributed by atoms with Gasteiger partial charge in [-0.05, 0) is 48.5 Å². The van der Waals surface area contributed by atoms with E-state index in [1.807, 2.05) is 24.3 Å². The molecule has 0 saturated heterocycles. The Labute approximate surface area is 132 Å². The number of pyridine rings is 1. The van der Waals surface area contributed by atoms with E-state index in [1.54, 1.807) is 47.4 Å². The fourth-order valence-electron chi connectivity index (χ4n) is 2.35. The van der Waals surface area contributed by atoms with Gasteiger partial charge >= 0.3 is 0 Å². The molecular weight excluding hydrogens is 290 g/mol. The first kappa shape index (κ1) is 13.3. The van der Waals surface area contributed by atoms with Gasteiger partial charge in [0.15, 0.2) is 11.5 Å². The number of hydrogen-bond donors (Lipinski definition) is 2. The highest BCUT2D eigenvalue weighted by atomic mass is 16.3. The number of benzene rings is 1. The average molecular weight is 303 g/mol. The van der Waals surface area contributed by atoms with E-state index in [-0.39, 0.29) is 5.75 Å². The maximum Gasteiger partial charge on any atom is 0.154 e. The van der Waals surface area contributed by atoms with Crippen molar-refractivity contribution in [2.24, 2.45) is 0 Å². The summed E-state index contributed by atoms with van der Waals surface area (Å²) in [6.07, 6.45) is 5.28. The van der Waals surface area contributed by atoms with Crippen molar-refractivity contribution in [3.8, 4) is 17.0 Å². The minimum atomic E-state index is 0.230. The molecule has 0 aliphatic rings. The topological polar surface area (TPSA) is 75.3 Å². The van der Waals surface area contributed by atoms with E-state index in [4.69, 9.17) is 0 Å². The van der Waals surface area contributed by atoms with Gasteiger partial charge in [-0.3, -0.25) is 4.98 Å². The van der Waals surface area contributed by atoms with Crippen molar-refractivity contribution in [2.75, 3.05) is 5.32 Å². The highest BCUT2D eigenvalue weighted by Gasteiger charge is 2.08. The quantitative estimate of drug-likeness (QED) is 0.568. The zero-order valence-corrected chi connectivity index (χ0v) is 12.1. The molecule has 4 aromatic rings. The Morgan fingerprint density at radius 3 is 2.48 bits per heavy atom. The Bertz CT molecular complexity index is 948. The summed E-state index contributed by atoms with van der Waals surface area (Å²) in [7, 11) is 0. The molecule has 3 heterocycles. The van der Waals surface area contributed by atoms with Crippen LogP contribution in [0, 0.1) is 0 Å². The summed E-state index contributed by atoms with van der Waals surface area (Å²) in [5.41, 5.74) is 3.52. The number of imidazole rings is 1. The van der Waals surface area contributed by atoms with Crippen molar-refractivity contribution in [2.45, 2.75) is 0 Å². The number of anilines is 2. The fourth-order valence-corrected chi connectivity index (χ4v) is 2.35. The number of aromatic nitrogens is 4. The monoisotopic (exact) mass is 303 g/mol. The minimum absolute atomic E-state index is 0.230. The second-order valence-electron chi connectivity index (χ2n) is 5.04. The van der Waals surface area contributed by atoms with E-state index in [1.165, 1.54) is 0 Å². The first-order valence-corrected chi connectivity index (χ1v) is 7.11. The Morgan fingerprint density at radius 1 is 0.913 bits per heavy atom. The lowest BCUT2D eigenvalue weighted by atomic mass is 10.2. The first-order chi connectivity index (χ1) is 11.3. The third-order valence-corrected chi connectivity index (χ3v) is 3.48. The number of phenols is 1. The summed E-state index contributed by atoms with van der Waals surface area (Å²) in [5.74, 6) is 0.921. The Kier molecular flexibility index (Phi) is 3.12. The van der Waals surface area contributed by atoms with Crippen LogP contribution < -0.4 is 5.32 Å². The van der Waals surface area contributed by atoms with Crippen LogP contribution in [0.25, 0.3) is 16.9 Å². The molecule has 0 amide bonds. The number of phenolic OH excluding ortho intramolecular Hbond substituents is 1. The number of nitrogens with one attached hydrogen (secondary N) is 1. The number of hydrogen-bond acceptors (Lipinski definition) is 5. The third-order valence-electron chi connectivity index (χ3n) is 3.48. The number of fused-ring (bicyclic) bond motifs is 1. The Balaban J connectivity index is 1.73. The molecule has 6 heteroatoms. The molecule has 0 unspecified atom stereocenters. The molecule has 0 atom stereocenters. The van der Waals surface area contributed by atoms with Gasteiger partial charge in [-0.2, -0.15) is 0 Å². The summed E-state index contributed by atoms with van der Waals surface area (Å²) in [6, 6.07) is 14.4. The van der Waals surface area contributed by atoms with Crippen molar-refractivity contribution in [1.82, 2.24) is 19.6 Å². The predicted octanol–water partition coefficient (Wildman–Crippen LogP) is 3.24. The molecule has 0 aliphatic carbocycles. The van der Waals surface area contributed by atoms with Crippen molar-refractivity contribution >= 4 is 17.2 Å². The molecule has 0 fully saturated rings. The summed E-state index contributed by atoms with van der Waals surface area (Å²) < 4.78 is 1.79. The average Bonchev–Trinajstić information content (AvgIpc) is 3.01. The van der Waals surface area contributed by atoms with Gasteiger partial charge in [-0.1, -0.05) is 0 Å². The van der Waals surface area contributed by atoms with Crippen LogP contribution in [0.1, 0.15) is 0 Å². The molecular formula is C17H13N5O. The van der Waals surface area contributed by atoms with Gasteiger partial charge in [-0.25, -0.2) is 9.50 Å². The van der Waals surface area contributed by atoms with Crippen molar-refractivity contribution in [1.29, 1.82) is 0 Å². The smallest absolute Gasteiger partial charge is 0.154 e. The van der Waals surface area contributed by atoms with Crippen LogP contribution in [0.4, 0.5) is 11.5 Å². The maximum absolute atomic E-state index is 9.34. The Morgan fingerprint density at radius 2 is 1.70 bits per heavy atom. The number of aromatic hydroxyl groups is 1. The van der Waals surface area contributed by atoms with Gasteiger partial charge in [-0.15, -0.1) is 5.10 Å². The Hall–Kier alpha value is -3.41. The SMILES string of the molecule is Oc1ccc(Nc2ccc3ncc(-c4ccncc4)n3n2)cc1. The molecule has 3 aromatic heterocycles. The van der Waals surface area contributed by atoms with Crippen LogP contribution in [0.2, 0.25) is 0 Å². The van der Waals surface area contributed by atoms with E-state index < -0.39 is 0 Å². The van der Waals surface area contributed by atoms with Crippen LogP contribution in [0.5, 0.6) is 5.75 Å². The molecule has 0 spiro atoms. The standard InChI is InChI=1S/C17H13N5O/c23-14-3-1-13(2-4-14)20-16-5-6-17-19-11-15(22(17)21-16)12-7-9-18-10-8-12/h1-11,23H,(H,20,21). The van der Waals surface area contributed by atoms with Crippen LogP contribution >= 0.6 is 0 Å². The van der Waals surface area contributed by atoms with Crippen molar-refractivity contribution in [3.05, 3.63) is 67.1 Å². The molecule has 4 rings (SSSR count). The normalized spacial score (nSPS) is 10.8. The first-order valence-electron chi connectivity index (χ1n) is 7.11. The molecule has 1 aromatic carbocycles. The lowest BCUT2D eigenvalue weighted by molar-refractivity contribution is 0.475.